The third-order valence-corrected chi connectivity index (χ3v) is 7.07. The summed E-state index contributed by atoms with van der Waals surface area (Å²) in [6.45, 7) is 5.50. The van der Waals surface area contributed by atoms with E-state index in [1.165, 1.54) is 9.87 Å². The van der Waals surface area contributed by atoms with Crippen molar-refractivity contribution >= 4 is 21.6 Å². The molecule has 1 aliphatic rings. The highest BCUT2D eigenvalue weighted by Gasteiger charge is 2.27. The van der Waals surface area contributed by atoms with Gasteiger partial charge in [-0.2, -0.15) is 4.31 Å². The van der Waals surface area contributed by atoms with E-state index in [2.05, 4.69) is 29.3 Å². The van der Waals surface area contributed by atoms with Gasteiger partial charge in [-0.3, -0.25) is 9.69 Å². The van der Waals surface area contributed by atoms with Gasteiger partial charge in [0.15, 0.2) is 0 Å². The Balaban J connectivity index is 1.56. The van der Waals surface area contributed by atoms with Crippen LogP contribution in [0.4, 0.5) is 5.69 Å². The van der Waals surface area contributed by atoms with Gasteiger partial charge in [-0.05, 0) is 43.1 Å². The van der Waals surface area contributed by atoms with Crippen LogP contribution in [0.5, 0.6) is 0 Å². The van der Waals surface area contributed by atoms with Crippen molar-refractivity contribution in [2.75, 3.05) is 31.5 Å². The van der Waals surface area contributed by atoms with E-state index < -0.39 is 10.0 Å². The number of anilines is 1. The van der Waals surface area contributed by atoms with Gasteiger partial charge >= 0.3 is 0 Å². The Morgan fingerprint density at radius 3 is 2.48 bits per heavy atom. The number of carbonyl (C=O) groups is 1. The Morgan fingerprint density at radius 2 is 1.79 bits per heavy atom. The first kappa shape index (κ1) is 21.5. The van der Waals surface area contributed by atoms with Crippen LogP contribution < -0.4 is 5.32 Å². The van der Waals surface area contributed by atoms with Crippen molar-refractivity contribution in [2.45, 2.75) is 37.6 Å². The number of nitrogens with one attached hydrogen (secondary N) is 1. The fourth-order valence-electron chi connectivity index (χ4n) is 3.49. The quantitative estimate of drug-likeness (QED) is 0.682. The van der Waals surface area contributed by atoms with Crippen molar-refractivity contribution in [2.24, 2.45) is 0 Å². The number of amides is 1. The van der Waals surface area contributed by atoms with E-state index in [9.17, 15) is 13.2 Å². The minimum Gasteiger partial charge on any atom is -0.326 e. The molecule has 2 aromatic rings. The SMILES string of the molecule is CCN(CCC(=O)Nc1cccc(S(=O)(=O)N2CCCC2)c1)Cc1ccccc1. The van der Waals surface area contributed by atoms with Crippen molar-refractivity contribution in [1.29, 1.82) is 0 Å². The summed E-state index contributed by atoms with van der Waals surface area (Å²) < 4.78 is 26.9. The van der Waals surface area contributed by atoms with Gasteiger partial charge in [0, 0.05) is 38.3 Å². The van der Waals surface area contributed by atoms with E-state index in [0.717, 1.165) is 25.9 Å². The molecule has 0 atom stereocenters. The number of carbonyl (C=O) groups excluding carboxylic acids is 1. The van der Waals surface area contributed by atoms with E-state index in [1.54, 1.807) is 24.3 Å². The summed E-state index contributed by atoms with van der Waals surface area (Å²) in [5.74, 6) is -0.118. The van der Waals surface area contributed by atoms with Crippen LogP contribution in [0.15, 0.2) is 59.5 Å². The fourth-order valence-corrected chi connectivity index (χ4v) is 5.05. The summed E-state index contributed by atoms with van der Waals surface area (Å²) in [7, 11) is -3.49. The van der Waals surface area contributed by atoms with Crippen LogP contribution in [0.25, 0.3) is 0 Å². The molecule has 0 radical (unpaired) electrons. The molecule has 0 bridgehead atoms. The maximum absolute atomic E-state index is 12.7. The molecule has 156 valence electrons. The largest absolute Gasteiger partial charge is 0.326 e. The van der Waals surface area contributed by atoms with Gasteiger partial charge in [0.25, 0.3) is 0 Å². The summed E-state index contributed by atoms with van der Waals surface area (Å²) >= 11 is 0. The first-order valence-electron chi connectivity index (χ1n) is 10.2. The van der Waals surface area contributed by atoms with E-state index in [0.29, 0.717) is 31.7 Å². The highest BCUT2D eigenvalue weighted by atomic mass is 32.2. The summed E-state index contributed by atoms with van der Waals surface area (Å²) in [5.41, 5.74) is 1.73. The van der Waals surface area contributed by atoms with E-state index >= 15 is 0 Å². The molecule has 1 saturated heterocycles. The second-order valence-corrected chi connectivity index (χ2v) is 9.23. The Bertz CT molecular complexity index is 910. The Hall–Kier alpha value is -2.22. The standard InChI is InChI=1S/C22H29N3O3S/c1-2-24(18-19-9-4-3-5-10-19)16-13-22(26)23-20-11-8-12-21(17-20)29(27,28)25-14-6-7-15-25/h3-5,8-12,17H,2,6-7,13-16,18H2,1H3,(H,23,26). The number of sulfonamides is 1. The minimum absolute atomic E-state index is 0.118. The van der Waals surface area contributed by atoms with E-state index in [-0.39, 0.29) is 10.8 Å². The molecule has 0 saturated carbocycles. The van der Waals surface area contributed by atoms with E-state index in [1.807, 2.05) is 18.2 Å². The summed E-state index contributed by atoms with van der Waals surface area (Å²) in [5, 5.41) is 2.84. The monoisotopic (exact) mass is 415 g/mol. The van der Waals surface area contributed by atoms with Gasteiger partial charge < -0.3 is 5.32 Å². The van der Waals surface area contributed by atoms with Crippen molar-refractivity contribution in [3.05, 3.63) is 60.2 Å². The fraction of sp³-hybridized carbons (Fsp3) is 0.409. The Labute approximate surface area is 173 Å². The van der Waals surface area contributed by atoms with Crippen LogP contribution in [0.3, 0.4) is 0 Å². The molecule has 6 nitrogen and oxygen atoms in total. The molecule has 29 heavy (non-hydrogen) atoms. The molecule has 0 unspecified atom stereocenters. The van der Waals surface area contributed by atoms with Crippen molar-refractivity contribution in [1.82, 2.24) is 9.21 Å². The lowest BCUT2D eigenvalue weighted by atomic mass is 10.2. The smallest absolute Gasteiger partial charge is 0.243 e. The highest BCUT2D eigenvalue weighted by molar-refractivity contribution is 7.89. The van der Waals surface area contributed by atoms with Gasteiger partial charge in [-0.25, -0.2) is 8.42 Å². The normalized spacial score (nSPS) is 15.0. The van der Waals surface area contributed by atoms with Crippen LogP contribution in [-0.2, 0) is 21.4 Å². The number of hydrogen-bond donors (Lipinski definition) is 1. The first-order valence-corrected chi connectivity index (χ1v) is 11.6. The molecule has 1 aliphatic heterocycles. The lowest BCUT2D eigenvalue weighted by Gasteiger charge is -2.20. The maximum Gasteiger partial charge on any atom is 0.243 e. The third kappa shape index (κ3) is 5.88. The van der Waals surface area contributed by atoms with Crippen LogP contribution in [0.2, 0.25) is 0 Å². The van der Waals surface area contributed by atoms with Gasteiger partial charge in [0.2, 0.25) is 15.9 Å². The minimum atomic E-state index is -3.49. The zero-order valence-corrected chi connectivity index (χ0v) is 17.7. The molecule has 1 amide bonds. The Kier molecular flexibility index (Phi) is 7.41. The highest BCUT2D eigenvalue weighted by Crippen LogP contribution is 2.23. The predicted molar refractivity (Wildman–Crippen MR) is 115 cm³/mol. The number of nitrogens with zero attached hydrogens (tertiary/aromatic N) is 2. The summed E-state index contributed by atoms with van der Waals surface area (Å²) in [6.07, 6.45) is 2.14. The second kappa shape index (κ2) is 10.0. The van der Waals surface area contributed by atoms with E-state index in [4.69, 9.17) is 0 Å². The number of benzene rings is 2. The third-order valence-electron chi connectivity index (χ3n) is 5.17. The molecule has 0 aliphatic carbocycles. The van der Waals surface area contributed by atoms with Gasteiger partial charge in [0.1, 0.15) is 0 Å². The average molecular weight is 416 g/mol. The Morgan fingerprint density at radius 1 is 1.07 bits per heavy atom. The van der Waals surface area contributed by atoms with Crippen LogP contribution in [-0.4, -0.2) is 49.7 Å². The lowest BCUT2D eigenvalue weighted by Crippen LogP contribution is -2.28. The van der Waals surface area contributed by atoms with Crippen molar-refractivity contribution in [3.8, 4) is 0 Å². The van der Waals surface area contributed by atoms with Gasteiger partial charge in [-0.15, -0.1) is 0 Å². The van der Waals surface area contributed by atoms with Crippen LogP contribution >= 0.6 is 0 Å². The lowest BCUT2D eigenvalue weighted by molar-refractivity contribution is -0.116. The molecule has 3 rings (SSSR count). The molecular weight excluding hydrogens is 386 g/mol. The first-order chi connectivity index (χ1) is 14.0. The maximum atomic E-state index is 12.7. The predicted octanol–water partition coefficient (Wildman–Crippen LogP) is 3.32. The number of hydrogen-bond acceptors (Lipinski definition) is 4. The topological polar surface area (TPSA) is 69.7 Å². The molecule has 7 heteroatoms. The average Bonchev–Trinajstić information content (AvgIpc) is 3.28. The molecule has 1 N–H and O–H groups in total. The molecule has 2 aromatic carbocycles. The number of rotatable bonds is 9. The molecule has 0 spiro atoms. The zero-order chi connectivity index (χ0) is 20.7. The van der Waals surface area contributed by atoms with Crippen molar-refractivity contribution in [3.63, 3.8) is 0 Å². The van der Waals surface area contributed by atoms with Crippen molar-refractivity contribution < 1.29 is 13.2 Å². The summed E-state index contributed by atoms with van der Waals surface area (Å²) in [4.78, 5) is 14.8. The zero-order valence-electron chi connectivity index (χ0n) is 16.9. The van der Waals surface area contributed by atoms with Gasteiger partial charge in [-0.1, -0.05) is 43.3 Å². The molecular formula is C22H29N3O3S. The van der Waals surface area contributed by atoms with Gasteiger partial charge in [0.05, 0.1) is 4.90 Å². The molecule has 0 aromatic heterocycles. The summed E-state index contributed by atoms with van der Waals surface area (Å²) in [6, 6.07) is 16.7. The van der Waals surface area contributed by atoms with Crippen LogP contribution in [0, 0.1) is 0 Å². The molecule has 1 heterocycles. The second-order valence-electron chi connectivity index (χ2n) is 7.29. The van der Waals surface area contributed by atoms with Crippen LogP contribution in [0.1, 0.15) is 31.7 Å². The molecule has 1 fully saturated rings.